The van der Waals surface area contributed by atoms with Crippen LogP contribution >= 0.6 is 0 Å². The lowest BCUT2D eigenvalue weighted by atomic mass is 9.82. The number of hydrogen-bond acceptors (Lipinski definition) is 4. The molecule has 1 atom stereocenters. The fourth-order valence-electron chi connectivity index (χ4n) is 2.77. The van der Waals surface area contributed by atoms with Gasteiger partial charge in [0.2, 0.25) is 0 Å². The summed E-state index contributed by atoms with van der Waals surface area (Å²) in [5, 5.41) is 13.5. The van der Waals surface area contributed by atoms with E-state index in [0.29, 0.717) is 18.0 Å². The molecule has 4 heteroatoms. The fourth-order valence-corrected chi connectivity index (χ4v) is 2.77. The Morgan fingerprint density at radius 3 is 2.23 bits per heavy atom. The SMILES string of the molecule is COc1ccccc1OCC(O)CNC(C)(C)CC(C)(C)C. The van der Waals surface area contributed by atoms with Gasteiger partial charge in [0.05, 0.1) is 7.11 Å². The van der Waals surface area contributed by atoms with Gasteiger partial charge in [0.25, 0.3) is 0 Å². The van der Waals surface area contributed by atoms with Crippen LogP contribution in [0.15, 0.2) is 24.3 Å². The van der Waals surface area contributed by atoms with Crippen LogP contribution in [0, 0.1) is 5.41 Å². The molecule has 0 bridgehead atoms. The van der Waals surface area contributed by atoms with Crippen LogP contribution in [0.1, 0.15) is 41.0 Å². The second-order valence-corrected chi connectivity index (χ2v) is 7.62. The maximum absolute atomic E-state index is 10.1. The van der Waals surface area contributed by atoms with Crippen LogP contribution in [0.2, 0.25) is 0 Å². The number of aliphatic hydroxyl groups is 1. The third kappa shape index (κ3) is 7.14. The molecule has 0 aliphatic heterocycles. The van der Waals surface area contributed by atoms with E-state index < -0.39 is 6.10 Å². The fraction of sp³-hybridized carbons (Fsp3) is 0.667. The summed E-state index contributed by atoms with van der Waals surface area (Å²) in [6.07, 6.45) is 0.462. The van der Waals surface area contributed by atoms with Crippen LogP contribution in [0.25, 0.3) is 0 Å². The number of ether oxygens (including phenoxy) is 2. The van der Waals surface area contributed by atoms with Crippen molar-refractivity contribution in [3.63, 3.8) is 0 Å². The van der Waals surface area contributed by atoms with Gasteiger partial charge in [-0.05, 0) is 37.8 Å². The minimum Gasteiger partial charge on any atom is -0.493 e. The van der Waals surface area contributed by atoms with Crippen molar-refractivity contribution in [3.05, 3.63) is 24.3 Å². The third-order valence-corrected chi connectivity index (χ3v) is 3.29. The lowest BCUT2D eigenvalue weighted by molar-refractivity contribution is 0.0930. The normalized spacial score (nSPS) is 13.8. The Morgan fingerprint density at radius 2 is 1.68 bits per heavy atom. The Labute approximate surface area is 134 Å². The Kier molecular flexibility index (Phi) is 6.69. The molecule has 0 saturated carbocycles. The largest absolute Gasteiger partial charge is 0.493 e. The van der Waals surface area contributed by atoms with Gasteiger partial charge >= 0.3 is 0 Å². The van der Waals surface area contributed by atoms with Gasteiger partial charge in [-0.25, -0.2) is 0 Å². The highest BCUT2D eigenvalue weighted by atomic mass is 16.5. The Bertz CT molecular complexity index is 452. The topological polar surface area (TPSA) is 50.7 Å². The predicted octanol–water partition coefficient (Wildman–Crippen LogP) is 3.24. The van der Waals surface area contributed by atoms with Crippen molar-refractivity contribution in [1.29, 1.82) is 0 Å². The monoisotopic (exact) mass is 309 g/mol. The van der Waals surface area contributed by atoms with Crippen molar-refractivity contribution in [2.75, 3.05) is 20.3 Å². The molecular weight excluding hydrogens is 278 g/mol. The number of para-hydroxylation sites is 2. The summed E-state index contributed by atoms with van der Waals surface area (Å²) in [5.41, 5.74) is 0.221. The molecule has 2 N–H and O–H groups in total. The molecule has 126 valence electrons. The zero-order valence-corrected chi connectivity index (χ0v) is 14.8. The van der Waals surface area contributed by atoms with E-state index in [1.807, 2.05) is 24.3 Å². The van der Waals surface area contributed by atoms with E-state index in [0.717, 1.165) is 6.42 Å². The van der Waals surface area contributed by atoms with Crippen molar-refractivity contribution in [1.82, 2.24) is 5.32 Å². The van der Waals surface area contributed by atoms with Crippen LogP contribution in [0.5, 0.6) is 11.5 Å². The molecule has 0 radical (unpaired) electrons. The zero-order valence-electron chi connectivity index (χ0n) is 14.8. The predicted molar refractivity (Wildman–Crippen MR) is 90.6 cm³/mol. The van der Waals surface area contributed by atoms with E-state index in [-0.39, 0.29) is 17.6 Å². The first-order valence-electron chi connectivity index (χ1n) is 7.82. The van der Waals surface area contributed by atoms with E-state index in [2.05, 4.69) is 39.9 Å². The van der Waals surface area contributed by atoms with Crippen LogP contribution < -0.4 is 14.8 Å². The molecule has 0 aromatic heterocycles. The van der Waals surface area contributed by atoms with E-state index >= 15 is 0 Å². The number of hydrogen-bond donors (Lipinski definition) is 2. The Hall–Kier alpha value is -1.26. The molecule has 0 heterocycles. The molecule has 1 aromatic rings. The second kappa shape index (κ2) is 7.84. The molecule has 0 fully saturated rings. The van der Waals surface area contributed by atoms with Crippen LogP contribution in [0.4, 0.5) is 0 Å². The Morgan fingerprint density at radius 1 is 1.09 bits per heavy atom. The molecule has 0 aliphatic rings. The number of methoxy groups -OCH3 is 1. The van der Waals surface area contributed by atoms with Crippen molar-refractivity contribution in [2.24, 2.45) is 5.41 Å². The summed E-state index contributed by atoms with van der Waals surface area (Å²) in [7, 11) is 1.61. The first-order valence-corrected chi connectivity index (χ1v) is 7.82. The van der Waals surface area contributed by atoms with Crippen molar-refractivity contribution >= 4 is 0 Å². The van der Waals surface area contributed by atoms with Crippen LogP contribution in [-0.2, 0) is 0 Å². The summed E-state index contributed by atoms with van der Waals surface area (Å²) in [5.74, 6) is 1.33. The molecule has 1 rings (SSSR count). The van der Waals surface area contributed by atoms with Gasteiger partial charge in [0.1, 0.15) is 12.7 Å². The van der Waals surface area contributed by atoms with Gasteiger partial charge in [-0.3, -0.25) is 0 Å². The summed E-state index contributed by atoms with van der Waals surface area (Å²) in [6.45, 7) is 11.7. The number of β-amino-alcohol motifs (C(OH)–C–C–N with tert-alkyl or cyclic N) is 1. The van der Waals surface area contributed by atoms with Gasteiger partial charge in [-0.2, -0.15) is 0 Å². The Balaban J connectivity index is 2.42. The third-order valence-electron chi connectivity index (χ3n) is 3.29. The minimum atomic E-state index is -0.566. The second-order valence-electron chi connectivity index (χ2n) is 7.62. The summed E-state index contributed by atoms with van der Waals surface area (Å²) in [4.78, 5) is 0. The minimum absolute atomic E-state index is 0.0241. The molecule has 1 aromatic carbocycles. The zero-order chi connectivity index (χ0) is 16.8. The van der Waals surface area contributed by atoms with Gasteiger partial charge in [-0.15, -0.1) is 0 Å². The number of nitrogens with one attached hydrogen (secondary N) is 1. The molecule has 22 heavy (non-hydrogen) atoms. The van der Waals surface area contributed by atoms with Gasteiger partial charge < -0.3 is 19.9 Å². The highest BCUT2D eigenvalue weighted by molar-refractivity contribution is 5.39. The van der Waals surface area contributed by atoms with Crippen LogP contribution in [0.3, 0.4) is 0 Å². The van der Waals surface area contributed by atoms with E-state index in [1.54, 1.807) is 7.11 Å². The number of rotatable bonds is 8. The van der Waals surface area contributed by atoms with Crippen LogP contribution in [-0.4, -0.2) is 37.0 Å². The maximum Gasteiger partial charge on any atom is 0.161 e. The van der Waals surface area contributed by atoms with E-state index in [4.69, 9.17) is 9.47 Å². The lowest BCUT2D eigenvalue weighted by Gasteiger charge is -2.34. The smallest absolute Gasteiger partial charge is 0.161 e. The summed E-state index contributed by atoms with van der Waals surface area (Å²) in [6, 6.07) is 7.45. The number of benzene rings is 1. The average Bonchev–Trinajstić information content (AvgIpc) is 2.40. The molecule has 0 aliphatic carbocycles. The quantitative estimate of drug-likeness (QED) is 0.774. The summed E-state index contributed by atoms with van der Waals surface area (Å²) >= 11 is 0. The van der Waals surface area contributed by atoms with E-state index in [9.17, 15) is 5.11 Å². The molecule has 0 spiro atoms. The summed E-state index contributed by atoms with van der Waals surface area (Å²) < 4.78 is 10.9. The van der Waals surface area contributed by atoms with Gasteiger partial charge in [-0.1, -0.05) is 32.9 Å². The van der Waals surface area contributed by atoms with Gasteiger partial charge in [0, 0.05) is 12.1 Å². The average molecular weight is 309 g/mol. The molecule has 4 nitrogen and oxygen atoms in total. The molecule has 0 amide bonds. The molecule has 0 saturated heterocycles. The van der Waals surface area contributed by atoms with E-state index in [1.165, 1.54) is 0 Å². The van der Waals surface area contributed by atoms with Crippen molar-refractivity contribution in [3.8, 4) is 11.5 Å². The maximum atomic E-state index is 10.1. The highest BCUT2D eigenvalue weighted by Gasteiger charge is 2.25. The first-order chi connectivity index (χ1) is 10.1. The van der Waals surface area contributed by atoms with Gasteiger partial charge in [0.15, 0.2) is 11.5 Å². The van der Waals surface area contributed by atoms with Crippen molar-refractivity contribution < 1.29 is 14.6 Å². The van der Waals surface area contributed by atoms with Crippen molar-refractivity contribution in [2.45, 2.75) is 52.7 Å². The highest BCUT2D eigenvalue weighted by Crippen LogP contribution is 2.27. The standard InChI is InChI=1S/C18H31NO3/c1-17(2,3)13-18(4,5)19-11-14(20)12-22-16-10-8-7-9-15(16)21-6/h7-10,14,19-20H,11-13H2,1-6H3. The number of aliphatic hydroxyl groups excluding tert-OH is 1. The first kappa shape index (κ1) is 18.8. The lowest BCUT2D eigenvalue weighted by Crippen LogP contribution is -2.46. The molecule has 1 unspecified atom stereocenters. The molecular formula is C18H31NO3.